The quantitative estimate of drug-likeness (QED) is 0.661. The van der Waals surface area contributed by atoms with Crippen molar-refractivity contribution in [2.75, 3.05) is 11.4 Å². The molecule has 5 nitrogen and oxygen atoms in total. The van der Waals surface area contributed by atoms with Gasteiger partial charge in [-0.25, -0.2) is 0 Å². The fourth-order valence-corrected chi connectivity index (χ4v) is 3.26. The average molecular weight is 421 g/mol. The molecule has 160 valence electrons. The van der Waals surface area contributed by atoms with Crippen molar-refractivity contribution in [2.24, 2.45) is 0 Å². The molecule has 0 N–H and O–H groups in total. The second-order valence-electron chi connectivity index (χ2n) is 7.98. The molecule has 0 bridgehead atoms. The second-order valence-corrected chi connectivity index (χ2v) is 7.98. The van der Waals surface area contributed by atoms with Gasteiger partial charge in [0.15, 0.2) is 0 Å². The SMILES string of the molecule is CC(C)(C)OC(=O)CN1C(=O)CCc2cc(-c3ccc(OC(F)(F)F)cc3)ccc21. The highest BCUT2D eigenvalue weighted by Crippen LogP contribution is 2.33. The Kier molecular flexibility index (Phi) is 5.78. The van der Waals surface area contributed by atoms with Crippen molar-refractivity contribution < 1.29 is 32.2 Å². The van der Waals surface area contributed by atoms with Crippen LogP contribution in [0.2, 0.25) is 0 Å². The molecule has 0 atom stereocenters. The Bertz CT molecular complexity index is 946. The standard InChI is InChI=1S/C22H22F3NO4/c1-21(2,3)30-20(28)13-26-18-10-6-15(12-16(18)7-11-19(26)27)14-4-8-17(9-5-14)29-22(23,24)25/h4-6,8-10,12H,7,11,13H2,1-3H3. The van der Waals surface area contributed by atoms with Crippen molar-refractivity contribution in [2.45, 2.75) is 45.6 Å². The number of hydrogen-bond acceptors (Lipinski definition) is 4. The van der Waals surface area contributed by atoms with Crippen LogP contribution in [0.3, 0.4) is 0 Å². The Morgan fingerprint density at radius 3 is 2.23 bits per heavy atom. The summed E-state index contributed by atoms with van der Waals surface area (Å²) in [7, 11) is 0. The van der Waals surface area contributed by atoms with Gasteiger partial charge in [-0.1, -0.05) is 18.2 Å². The zero-order valence-corrected chi connectivity index (χ0v) is 16.9. The maximum Gasteiger partial charge on any atom is 0.573 e. The van der Waals surface area contributed by atoms with Crippen LogP contribution in [0.5, 0.6) is 5.75 Å². The highest BCUT2D eigenvalue weighted by atomic mass is 19.4. The number of carbonyl (C=O) groups excluding carboxylic acids is 2. The summed E-state index contributed by atoms with van der Waals surface area (Å²) in [4.78, 5) is 26.0. The van der Waals surface area contributed by atoms with Crippen LogP contribution in [0.4, 0.5) is 18.9 Å². The summed E-state index contributed by atoms with van der Waals surface area (Å²) < 4.78 is 46.2. The van der Waals surface area contributed by atoms with Gasteiger partial charge >= 0.3 is 12.3 Å². The zero-order chi connectivity index (χ0) is 22.1. The van der Waals surface area contributed by atoms with Gasteiger partial charge in [0, 0.05) is 12.1 Å². The van der Waals surface area contributed by atoms with E-state index in [0.29, 0.717) is 17.7 Å². The van der Waals surface area contributed by atoms with Crippen LogP contribution in [0.1, 0.15) is 32.8 Å². The molecule has 0 aliphatic carbocycles. The summed E-state index contributed by atoms with van der Waals surface area (Å²) in [6.45, 7) is 5.10. The lowest BCUT2D eigenvalue weighted by Crippen LogP contribution is -2.41. The van der Waals surface area contributed by atoms with E-state index in [4.69, 9.17) is 4.74 Å². The third kappa shape index (κ3) is 5.52. The number of esters is 1. The highest BCUT2D eigenvalue weighted by molar-refractivity contribution is 6.00. The molecule has 1 amide bonds. The molecule has 0 radical (unpaired) electrons. The largest absolute Gasteiger partial charge is 0.573 e. The Labute approximate surface area is 172 Å². The third-order valence-corrected chi connectivity index (χ3v) is 4.41. The third-order valence-electron chi connectivity index (χ3n) is 4.41. The maximum absolute atomic E-state index is 12.4. The monoisotopic (exact) mass is 421 g/mol. The van der Waals surface area contributed by atoms with Gasteiger partial charge in [-0.05, 0) is 68.1 Å². The minimum Gasteiger partial charge on any atom is -0.459 e. The van der Waals surface area contributed by atoms with E-state index in [1.165, 1.54) is 29.2 Å². The number of anilines is 1. The zero-order valence-electron chi connectivity index (χ0n) is 16.9. The number of carbonyl (C=O) groups is 2. The van der Waals surface area contributed by atoms with Crippen LogP contribution in [0.25, 0.3) is 11.1 Å². The van der Waals surface area contributed by atoms with Gasteiger partial charge in [0.25, 0.3) is 0 Å². The minimum atomic E-state index is -4.74. The first-order valence-electron chi connectivity index (χ1n) is 9.43. The van der Waals surface area contributed by atoms with E-state index in [9.17, 15) is 22.8 Å². The van der Waals surface area contributed by atoms with Crippen molar-refractivity contribution in [3.8, 4) is 16.9 Å². The molecule has 3 rings (SSSR count). The van der Waals surface area contributed by atoms with Crippen molar-refractivity contribution in [3.63, 3.8) is 0 Å². The number of amides is 1. The Hall–Kier alpha value is -3.03. The van der Waals surface area contributed by atoms with Crippen molar-refractivity contribution in [1.82, 2.24) is 0 Å². The molecular formula is C22H22F3NO4. The number of nitrogens with zero attached hydrogens (tertiary/aromatic N) is 1. The topological polar surface area (TPSA) is 55.8 Å². The molecule has 1 aliphatic rings. The van der Waals surface area contributed by atoms with Crippen molar-refractivity contribution >= 4 is 17.6 Å². The summed E-state index contributed by atoms with van der Waals surface area (Å²) in [5, 5.41) is 0. The van der Waals surface area contributed by atoms with Gasteiger partial charge < -0.3 is 14.4 Å². The molecule has 1 aliphatic heterocycles. The van der Waals surface area contributed by atoms with Crippen LogP contribution >= 0.6 is 0 Å². The smallest absolute Gasteiger partial charge is 0.459 e. The number of fused-ring (bicyclic) bond motifs is 1. The highest BCUT2D eigenvalue weighted by Gasteiger charge is 2.31. The van der Waals surface area contributed by atoms with Crippen LogP contribution in [-0.2, 0) is 20.7 Å². The number of halogens is 3. The van der Waals surface area contributed by atoms with Crippen LogP contribution in [0.15, 0.2) is 42.5 Å². The van der Waals surface area contributed by atoms with E-state index < -0.39 is 17.9 Å². The van der Waals surface area contributed by atoms with Gasteiger partial charge in [-0.3, -0.25) is 9.59 Å². The Balaban J connectivity index is 1.81. The summed E-state index contributed by atoms with van der Waals surface area (Å²) in [6.07, 6.45) is -3.96. The first-order chi connectivity index (χ1) is 13.9. The molecule has 1 heterocycles. The molecule has 0 saturated carbocycles. The summed E-state index contributed by atoms with van der Waals surface area (Å²) >= 11 is 0. The predicted molar refractivity (Wildman–Crippen MR) is 105 cm³/mol. The number of alkyl halides is 3. The summed E-state index contributed by atoms with van der Waals surface area (Å²) in [5.41, 5.74) is 2.37. The lowest BCUT2D eigenvalue weighted by atomic mass is 9.96. The first-order valence-corrected chi connectivity index (χ1v) is 9.43. The van der Waals surface area contributed by atoms with Gasteiger partial charge in [0.1, 0.15) is 17.9 Å². The number of aryl methyl sites for hydroxylation is 1. The van der Waals surface area contributed by atoms with E-state index >= 15 is 0 Å². The number of hydrogen-bond donors (Lipinski definition) is 0. The Morgan fingerprint density at radius 2 is 1.63 bits per heavy atom. The molecule has 0 unspecified atom stereocenters. The second kappa shape index (κ2) is 8.01. The van der Waals surface area contributed by atoms with E-state index in [0.717, 1.165) is 11.1 Å². The van der Waals surface area contributed by atoms with Gasteiger partial charge in [0.2, 0.25) is 5.91 Å². The predicted octanol–water partition coefficient (Wildman–Crippen LogP) is 4.87. The van der Waals surface area contributed by atoms with E-state index in [-0.39, 0.29) is 24.6 Å². The molecule has 30 heavy (non-hydrogen) atoms. The van der Waals surface area contributed by atoms with E-state index in [1.807, 2.05) is 6.07 Å². The molecule has 2 aromatic carbocycles. The lowest BCUT2D eigenvalue weighted by molar-refractivity contribution is -0.274. The van der Waals surface area contributed by atoms with Crippen LogP contribution in [0, 0.1) is 0 Å². The molecule has 0 spiro atoms. The molecule has 0 saturated heterocycles. The molecule has 0 fully saturated rings. The molecule has 8 heteroatoms. The first kappa shape index (κ1) is 21.7. The summed E-state index contributed by atoms with van der Waals surface area (Å²) in [6, 6.07) is 11.0. The van der Waals surface area contributed by atoms with Gasteiger partial charge in [0.05, 0.1) is 0 Å². The normalized spacial score (nSPS) is 14.3. The average Bonchev–Trinajstić information content (AvgIpc) is 2.61. The lowest BCUT2D eigenvalue weighted by Gasteiger charge is -2.30. The molecule has 2 aromatic rings. The molecular weight excluding hydrogens is 399 g/mol. The number of rotatable bonds is 4. The van der Waals surface area contributed by atoms with Crippen LogP contribution < -0.4 is 9.64 Å². The van der Waals surface area contributed by atoms with Crippen molar-refractivity contribution in [1.29, 1.82) is 0 Å². The van der Waals surface area contributed by atoms with E-state index in [1.54, 1.807) is 32.9 Å². The minimum absolute atomic E-state index is 0.158. The fraction of sp³-hybridized carbons (Fsp3) is 0.364. The van der Waals surface area contributed by atoms with Crippen molar-refractivity contribution in [3.05, 3.63) is 48.0 Å². The maximum atomic E-state index is 12.4. The van der Waals surface area contributed by atoms with Crippen LogP contribution in [-0.4, -0.2) is 30.4 Å². The Morgan fingerprint density at radius 1 is 1.00 bits per heavy atom. The number of benzene rings is 2. The summed E-state index contributed by atoms with van der Waals surface area (Å²) in [5.74, 6) is -0.943. The van der Waals surface area contributed by atoms with Gasteiger partial charge in [-0.2, -0.15) is 0 Å². The fourth-order valence-electron chi connectivity index (χ4n) is 3.26. The van der Waals surface area contributed by atoms with Gasteiger partial charge in [-0.15, -0.1) is 13.2 Å². The molecule has 0 aromatic heterocycles. The van der Waals surface area contributed by atoms with E-state index in [2.05, 4.69) is 4.74 Å². The number of ether oxygens (including phenoxy) is 2.